The lowest BCUT2D eigenvalue weighted by Crippen LogP contribution is -2.32. The van der Waals surface area contributed by atoms with Gasteiger partial charge in [0.15, 0.2) is 5.65 Å². The fourth-order valence-electron chi connectivity index (χ4n) is 3.44. The number of aromatic nitrogens is 4. The molecule has 1 saturated heterocycles. The summed E-state index contributed by atoms with van der Waals surface area (Å²) in [6, 6.07) is 8.00. The highest BCUT2D eigenvalue weighted by atomic mass is 32.1. The maximum absolute atomic E-state index is 12.8. The largest absolute Gasteiger partial charge is 0.342 e. The molecule has 0 unspecified atom stereocenters. The Balaban J connectivity index is 1.90. The number of aryl methyl sites for hydroxylation is 2. The average molecular weight is 367 g/mol. The molecular weight excluding hydrogens is 346 g/mol. The van der Waals surface area contributed by atoms with E-state index in [-0.39, 0.29) is 5.56 Å². The molecule has 4 rings (SSSR count). The molecule has 0 bridgehead atoms. The molecule has 3 aromatic rings. The summed E-state index contributed by atoms with van der Waals surface area (Å²) in [7, 11) is 0. The summed E-state index contributed by atoms with van der Waals surface area (Å²) in [5.74, 6) is 1.31. The number of aromatic amines is 1. The van der Waals surface area contributed by atoms with Crippen LogP contribution < -0.4 is 10.5 Å². The second-order valence-corrected chi connectivity index (χ2v) is 7.16. The maximum Gasteiger partial charge on any atom is 0.264 e. The van der Waals surface area contributed by atoms with Crippen LogP contribution in [0, 0.1) is 18.5 Å². The van der Waals surface area contributed by atoms with Gasteiger partial charge < -0.3 is 4.90 Å². The number of rotatable bonds is 2. The number of nitrogens with one attached hydrogen (secondary N) is 1. The van der Waals surface area contributed by atoms with Gasteiger partial charge in [-0.2, -0.15) is 4.98 Å². The van der Waals surface area contributed by atoms with Gasteiger partial charge in [0.2, 0.25) is 5.95 Å². The maximum atomic E-state index is 12.8. The third kappa shape index (κ3) is 2.92. The summed E-state index contributed by atoms with van der Waals surface area (Å²) >= 11 is 5.63. The lowest BCUT2D eigenvalue weighted by atomic mass is 10.1. The molecule has 0 radical (unpaired) electrons. The van der Waals surface area contributed by atoms with Gasteiger partial charge in [0.25, 0.3) is 5.56 Å². The number of nitrogens with zero attached hydrogens (tertiary/aromatic N) is 4. The van der Waals surface area contributed by atoms with Gasteiger partial charge in [-0.15, -0.1) is 0 Å². The van der Waals surface area contributed by atoms with Gasteiger partial charge in [-0.1, -0.05) is 29.9 Å². The standard InChI is InChI=1S/C19H21N5OS/c1-12-6-8-14(9-7-12)24-13(2)20-16-15(18(24)26)17(25)22-19(21-16)23-10-4-3-5-11-23/h6-9H,3-5,10-11H2,1-2H3,(H,21,22,25). The number of anilines is 1. The van der Waals surface area contributed by atoms with Crippen molar-refractivity contribution in [3.05, 3.63) is 50.6 Å². The van der Waals surface area contributed by atoms with E-state index in [0.717, 1.165) is 37.2 Å². The molecule has 1 fully saturated rings. The van der Waals surface area contributed by atoms with E-state index in [4.69, 9.17) is 12.2 Å². The van der Waals surface area contributed by atoms with Crippen molar-refractivity contribution < 1.29 is 0 Å². The summed E-state index contributed by atoms with van der Waals surface area (Å²) in [5.41, 5.74) is 2.25. The third-order valence-corrected chi connectivity index (χ3v) is 5.23. The Hall–Kier alpha value is -2.54. The van der Waals surface area contributed by atoms with E-state index >= 15 is 0 Å². The first-order chi connectivity index (χ1) is 12.5. The molecule has 0 atom stereocenters. The van der Waals surface area contributed by atoms with Gasteiger partial charge >= 0.3 is 0 Å². The van der Waals surface area contributed by atoms with Crippen molar-refractivity contribution in [2.75, 3.05) is 18.0 Å². The Morgan fingerprint density at radius 1 is 1.04 bits per heavy atom. The van der Waals surface area contributed by atoms with Crippen LogP contribution in [0.5, 0.6) is 0 Å². The number of H-pyrrole nitrogens is 1. The van der Waals surface area contributed by atoms with E-state index in [1.807, 2.05) is 42.7 Å². The summed E-state index contributed by atoms with van der Waals surface area (Å²) in [6.07, 6.45) is 3.45. The third-order valence-electron chi connectivity index (χ3n) is 4.84. The first-order valence-corrected chi connectivity index (χ1v) is 9.31. The van der Waals surface area contributed by atoms with Crippen LogP contribution in [0.3, 0.4) is 0 Å². The van der Waals surface area contributed by atoms with Crippen LogP contribution in [0.1, 0.15) is 30.7 Å². The summed E-state index contributed by atoms with van der Waals surface area (Å²) < 4.78 is 2.27. The normalized spacial score (nSPS) is 14.8. The molecule has 1 aromatic carbocycles. The molecular formula is C19H21N5OS. The van der Waals surface area contributed by atoms with E-state index in [0.29, 0.717) is 27.4 Å². The van der Waals surface area contributed by atoms with Gasteiger partial charge in [0, 0.05) is 18.8 Å². The van der Waals surface area contributed by atoms with E-state index in [2.05, 4.69) is 19.9 Å². The van der Waals surface area contributed by atoms with E-state index in [1.54, 1.807) is 0 Å². The van der Waals surface area contributed by atoms with Crippen molar-refractivity contribution in [3.8, 4) is 5.69 Å². The average Bonchev–Trinajstić information content (AvgIpc) is 2.63. The quantitative estimate of drug-likeness (QED) is 0.703. The van der Waals surface area contributed by atoms with Crippen LogP contribution in [-0.4, -0.2) is 32.6 Å². The minimum absolute atomic E-state index is 0.228. The van der Waals surface area contributed by atoms with Crippen molar-refractivity contribution in [1.82, 2.24) is 19.5 Å². The lowest BCUT2D eigenvalue weighted by molar-refractivity contribution is 0.568. The van der Waals surface area contributed by atoms with Crippen molar-refractivity contribution in [1.29, 1.82) is 0 Å². The van der Waals surface area contributed by atoms with Crippen LogP contribution in [0.4, 0.5) is 5.95 Å². The van der Waals surface area contributed by atoms with Gasteiger partial charge in [0.05, 0.1) is 0 Å². The molecule has 1 aliphatic rings. The second kappa shape index (κ2) is 6.64. The molecule has 0 amide bonds. The van der Waals surface area contributed by atoms with E-state index in [9.17, 15) is 4.79 Å². The van der Waals surface area contributed by atoms with E-state index < -0.39 is 0 Å². The fourth-order valence-corrected chi connectivity index (χ4v) is 3.86. The highest BCUT2D eigenvalue weighted by Gasteiger charge is 2.17. The molecule has 6 nitrogen and oxygen atoms in total. The Labute approximate surface area is 156 Å². The van der Waals surface area contributed by atoms with Crippen LogP contribution in [0.15, 0.2) is 29.1 Å². The van der Waals surface area contributed by atoms with Crippen molar-refractivity contribution in [2.45, 2.75) is 33.1 Å². The fraction of sp³-hybridized carbons (Fsp3) is 0.368. The molecule has 0 spiro atoms. The first kappa shape index (κ1) is 16.9. The number of hydrogen-bond donors (Lipinski definition) is 1. The van der Waals surface area contributed by atoms with Crippen LogP contribution in [-0.2, 0) is 0 Å². The summed E-state index contributed by atoms with van der Waals surface area (Å²) in [6.45, 7) is 5.73. The predicted octanol–water partition coefficient (Wildman–Crippen LogP) is 3.45. The zero-order valence-electron chi connectivity index (χ0n) is 15.0. The molecule has 1 N–H and O–H groups in total. The van der Waals surface area contributed by atoms with Crippen LogP contribution >= 0.6 is 12.2 Å². The monoisotopic (exact) mass is 367 g/mol. The van der Waals surface area contributed by atoms with Gasteiger partial charge in [-0.05, 0) is 45.2 Å². The Morgan fingerprint density at radius 2 is 1.73 bits per heavy atom. The molecule has 0 saturated carbocycles. The van der Waals surface area contributed by atoms with Crippen molar-refractivity contribution >= 4 is 29.2 Å². The zero-order valence-corrected chi connectivity index (χ0v) is 15.8. The number of fused-ring (bicyclic) bond motifs is 1. The topological polar surface area (TPSA) is 66.8 Å². The van der Waals surface area contributed by atoms with Gasteiger partial charge in [0.1, 0.15) is 15.9 Å². The number of benzene rings is 1. The highest BCUT2D eigenvalue weighted by Crippen LogP contribution is 2.19. The summed E-state index contributed by atoms with van der Waals surface area (Å²) in [4.78, 5) is 27.0. The molecule has 7 heteroatoms. The Morgan fingerprint density at radius 3 is 2.42 bits per heavy atom. The van der Waals surface area contributed by atoms with E-state index in [1.165, 1.54) is 6.42 Å². The Kier molecular flexibility index (Phi) is 4.32. The predicted molar refractivity (Wildman–Crippen MR) is 106 cm³/mol. The molecule has 1 aliphatic heterocycles. The van der Waals surface area contributed by atoms with Crippen molar-refractivity contribution in [2.24, 2.45) is 0 Å². The zero-order chi connectivity index (χ0) is 18.3. The SMILES string of the molecule is Cc1ccc(-n2c(C)nc3nc(N4CCCCC4)[nH]c(=O)c3c2=S)cc1. The van der Waals surface area contributed by atoms with Crippen LogP contribution in [0.2, 0.25) is 0 Å². The highest BCUT2D eigenvalue weighted by molar-refractivity contribution is 7.71. The molecule has 134 valence electrons. The van der Waals surface area contributed by atoms with Crippen molar-refractivity contribution in [3.63, 3.8) is 0 Å². The van der Waals surface area contributed by atoms with Crippen LogP contribution in [0.25, 0.3) is 16.7 Å². The summed E-state index contributed by atoms with van der Waals surface area (Å²) in [5, 5.41) is 0.368. The number of hydrogen-bond acceptors (Lipinski definition) is 5. The molecule has 0 aliphatic carbocycles. The Bertz CT molecular complexity index is 1080. The molecule has 26 heavy (non-hydrogen) atoms. The van der Waals surface area contributed by atoms with Gasteiger partial charge in [-0.25, -0.2) is 4.98 Å². The minimum Gasteiger partial charge on any atom is -0.342 e. The molecule has 2 aromatic heterocycles. The van der Waals surface area contributed by atoms with Gasteiger partial charge in [-0.3, -0.25) is 14.3 Å². The minimum atomic E-state index is -0.228. The second-order valence-electron chi connectivity index (χ2n) is 6.77. The smallest absolute Gasteiger partial charge is 0.264 e. The first-order valence-electron chi connectivity index (χ1n) is 8.90. The molecule has 3 heterocycles. The number of piperidine rings is 1. The lowest BCUT2D eigenvalue weighted by Gasteiger charge is -2.27.